The molecular weight excluding hydrogens is 238 g/mol. The van der Waals surface area contributed by atoms with Crippen molar-refractivity contribution >= 4 is 11.9 Å². The summed E-state index contributed by atoms with van der Waals surface area (Å²) in [6, 6.07) is 9.57. The molecule has 19 heavy (non-hydrogen) atoms. The van der Waals surface area contributed by atoms with Gasteiger partial charge in [0.05, 0.1) is 11.3 Å². The first-order valence-corrected chi connectivity index (χ1v) is 6.20. The monoisotopic (exact) mass is 255 g/mol. The molecule has 0 saturated heterocycles. The van der Waals surface area contributed by atoms with Crippen LogP contribution in [0.4, 0.5) is 5.69 Å². The van der Waals surface area contributed by atoms with Crippen LogP contribution in [0.5, 0.6) is 0 Å². The van der Waals surface area contributed by atoms with E-state index in [1.165, 1.54) is 4.68 Å². The third-order valence-corrected chi connectivity index (χ3v) is 2.86. The number of aromatic nitrogens is 2. The van der Waals surface area contributed by atoms with Crippen LogP contribution in [-0.2, 0) is 13.5 Å². The Morgan fingerprint density at radius 2 is 2.11 bits per heavy atom. The van der Waals surface area contributed by atoms with Crippen molar-refractivity contribution < 1.29 is 0 Å². The predicted molar refractivity (Wildman–Crippen MR) is 78.2 cm³/mol. The molecule has 0 saturated carbocycles. The van der Waals surface area contributed by atoms with Gasteiger partial charge in [0.2, 0.25) is 0 Å². The van der Waals surface area contributed by atoms with Gasteiger partial charge in [0.1, 0.15) is 0 Å². The average Bonchev–Trinajstić information content (AvgIpc) is 2.71. The number of rotatable bonds is 5. The first-order valence-electron chi connectivity index (χ1n) is 6.20. The Balaban J connectivity index is 2.31. The van der Waals surface area contributed by atoms with E-state index < -0.39 is 0 Å². The molecular formula is C15H17N3O. The third kappa shape index (κ3) is 3.10. The van der Waals surface area contributed by atoms with Crippen LogP contribution in [-0.4, -0.2) is 16.0 Å². The fraction of sp³-hybridized carbons (Fsp3) is 0.200. The van der Waals surface area contributed by atoms with Crippen LogP contribution in [0, 0.1) is 0 Å². The number of aryl methyl sites for hydroxylation is 2. The van der Waals surface area contributed by atoms with Gasteiger partial charge in [-0.3, -0.25) is 19.6 Å². The van der Waals surface area contributed by atoms with E-state index in [0.29, 0.717) is 5.56 Å². The molecule has 0 aliphatic rings. The summed E-state index contributed by atoms with van der Waals surface area (Å²) in [6.07, 6.45) is 5.05. The van der Waals surface area contributed by atoms with Gasteiger partial charge in [-0.05, 0) is 25.0 Å². The summed E-state index contributed by atoms with van der Waals surface area (Å²) in [4.78, 5) is 16.3. The van der Waals surface area contributed by atoms with Crippen molar-refractivity contribution in [2.45, 2.75) is 12.8 Å². The Kier molecular flexibility index (Phi) is 4.13. The molecule has 0 bridgehead atoms. The number of hydrogen-bond donors (Lipinski definition) is 1. The Hall–Kier alpha value is -2.36. The number of aromatic amines is 1. The number of para-hydroxylation sites is 1. The second-order valence-electron chi connectivity index (χ2n) is 4.29. The van der Waals surface area contributed by atoms with Crippen molar-refractivity contribution in [1.29, 1.82) is 0 Å². The summed E-state index contributed by atoms with van der Waals surface area (Å²) in [5.41, 5.74) is 2.29. The molecule has 0 unspecified atom stereocenters. The van der Waals surface area contributed by atoms with Gasteiger partial charge in [0.15, 0.2) is 0 Å². The predicted octanol–water partition coefficient (Wildman–Crippen LogP) is 2.58. The minimum atomic E-state index is -0.0567. The van der Waals surface area contributed by atoms with E-state index in [9.17, 15) is 4.79 Å². The van der Waals surface area contributed by atoms with Crippen molar-refractivity contribution in [2.24, 2.45) is 12.0 Å². The Labute approximate surface area is 112 Å². The molecule has 2 rings (SSSR count). The molecule has 0 radical (unpaired) electrons. The largest absolute Gasteiger partial charge is 0.299 e. The minimum absolute atomic E-state index is 0.0567. The van der Waals surface area contributed by atoms with Gasteiger partial charge < -0.3 is 0 Å². The second-order valence-corrected chi connectivity index (χ2v) is 4.29. The topological polar surface area (TPSA) is 50.1 Å². The van der Waals surface area contributed by atoms with E-state index in [0.717, 1.165) is 24.2 Å². The molecule has 1 aromatic carbocycles. The van der Waals surface area contributed by atoms with E-state index in [1.54, 1.807) is 13.3 Å². The molecule has 0 aliphatic carbocycles. The van der Waals surface area contributed by atoms with Crippen LogP contribution in [0.3, 0.4) is 0 Å². The highest BCUT2D eigenvalue weighted by Gasteiger charge is 2.09. The smallest absolute Gasteiger partial charge is 0.275 e. The molecule has 0 fully saturated rings. The maximum Gasteiger partial charge on any atom is 0.275 e. The maximum absolute atomic E-state index is 12.0. The third-order valence-electron chi connectivity index (χ3n) is 2.86. The van der Waals surface area contributed by atoms with Crippen LogP contribution >= 0.6 is 0 Å². The summed E-state index contributed by atoms with van der Waals surface area (Å²) < 4.78 is 1.48. The number of benzene rings is 1. The van der Waals surface area contributed by atoms with Crippen LogP contribution in [0.1, 0.15) is 17.7 Å². The van der Waals surface area contributed by atoms with E-state index in [1.807, 2.05) is 36.4 Å². The van der Waals surface area contributed by atoms with Crippen LogP contribution < -0.4 is 5.56 Å². The molecule has 0 spiro atoms. The van der Waals surface area contributed by atoms with Crippen LogP contribution in [0.2, 0.25) is 0 Å². The van der Waals surface area contributed by atoms with E-state index in [-0.39, 0.29) is 5.56 Å². The Morgan fingerprint density at radius 3 is 2.79 bits per heavy atom. The average molecular weight is 255 g/mol. The first kappa shape index (κ1) is 13.1. The van der Waals surface area contributed by atoms with Gasteiger partial charge >= 0.3 is 0 Å². The van der Waals surface area contributed by atoms with Crippen molar-refractivity contribution in [3.05, 3.63) is 64.6 Å². The maximum atomic E-state index is 12.0. The lowest BCUT2D eigenvalue weighted by atomic mass is 10.1. The molecule has 1 heterocycles. The highest BCUT2D eigenvalue weighted by molar-refractivity contribution is 5.82. The van der Waals surface area contributed by atoms with E-state index >= 15 is 0 Å². The summed E-state index contributed by atoms with van der Waals surface area (Å²) in [7, 11) is 1.71. The zero-order chi connectivity index (χ0) is 13.7. The number of nitrogens with zero attached hydrogens (tertiary/aromatic N) is 2. The summed E-state index contributed by atoms with van der Waals surface area (Å²) in [5.74, 6) is 0. The van der Waals surface area contributed by atoms with Crippen molar-refractivity contribution in [3.8, 4) is 0 Å². The molecule has 98 valence electrons. The number of hydrogen-bond acceptors (Lipinski definition) is 2. The zero-order valence-electron chi connectivity index (χ0n) is 11.0. The van der Waals surface area contributed by atoms with Gasteiger partial charge in [0.25, 0.3) is 5.56 Å². The molecule has 0 atom stereocenters. The number of nitrogens with one attached hydrogen (secondary N) is 1. The van der Waals surface area contributed by atoms with Gasteiger partial charge in [-0.2, -0.15) is 0 Å². The highest BCUT2D eigenvalue weighted by Crippen LogP contribution is 2.10. The molecule has 4 nitrogen and oxygen atoms in total. The quantitative estimate of drug-likeness (QED) is 0.648. The van der Waals surface area contributed by atoms with Crippen LogP contribution in [0.25, 0.3) is 0 Å². The number of H-pyrrole nitrogens is 1. The molecule has 1 N–H and O–H groups in total. The molecule has 0 amide bonds. The van der Waals surface area contributed by atoms with E-state index in [2.05, 4.69) is 16.7 Å². The zero-order valence-corrected chi connectivity index (χ0v) is 11.0. The first-order chi connectivity index (χ1) is 9.22. The van der Waals surface area contributed by atoms with Gasteiger partial charge in [-0.25, -0.2) is 0 Å². The summed E-state index contributed by atoms with van der Waals surface area (Å²) >= 11 is 0. The normalized spacial score (nSPS) is 11.0. The van der Waals surface area contributed by atoms with Crippen molar-refractivity contribution in [3.63, 3.8) is 0 Å². The molecule has 2 aromatic rings. The standard InChI is InChI=1S/C15H17N3O/c1-3-4-10-14-13(15(19)18(2)17-14)11-16-12-8-6-5-7-9-12/h3,5-9,11,17H,1,4,10H2,2H3. The Morgan fingerprint density at radius 1 is 1.37 bits per heavy atom. The van der Waals surface area contributed by atoms with Gasteiger partial charge in [0, 0.05) is 19.0 Å². The molecule has 1 aromatic heterocycles. The summed E-state index contributed by atoms with van der Waals surface area (Å²) in [6.45, 7) is 3.70. The SMILES string of the molecule is C=CCCc1[nH]n(C)c(=O)c1C=Nc1ccccc1. The van der Waals surface area contributed by atoms with Gasteiger partial charge in [-0.1, -0.05) is 24.3 Å². The number of allylic oxidation sites excluding steroid dienone is 1. The van der Waals surface area contributed by atoms with Crippen LogP contribution in [0.15, 0.2) is 52.8 Å². The molecule has 0 aliphatic heterocycles. The lowest BCUT2D eigenvalue weighted by Gasteiger charge is -1.95. The van der Waals surface area contributed by atoms with Gasteiger partial charge in [-0.15, -0.1) is 6.58 Å². The highest BCUT2D eigenvalue weighted by atomic mass is 16.1. The van der Waals surface area contributed by atoms with E-state index in [4.69, 9.17) is 0 Å². The second kappa shape index (κ2) is 6.00. The summed E-state index contributed by atoms with van der Waals surface area (Å²) in [5, 5.41) is 3.05. The Bertz CT molecular complexity index is 635. The fourth-order valence-corrected chi connectivity index (χ4v) is 1.85. The van der Waals surface area contributed by atoms with Crippen molar-refractivity contribution in [1.82, 2.24) is 9.78 Å². The minimum Gasteiger partial charge on any atom is -0.299 e. The lowest BCUT2D eigenvalue weighted by molar-refractivity contribution is 0.718. The van der Waals surface area contributed by atoms with Crippen molar-refractivity contribution in [2.75, 3.05) is 0 Å². The lowest BCUT2D eigenvalue weighted by Crippen LogP contribution is -2.14. The number of aliphatic imine (C=N–C) groups is 1. The fourth-order valence-electron chi connectivity index (χ4n) is 1.85. The molecule has 4 heteroatoms.